The van der Waals surface area contributed by atoms with E-state index in [-0.39, 0.29) is 54.2 Å². The largest absolute Gasteiger partial charge is 0.435 e. The fourth-order valence-corrected chi connectivity index (χ4v) is 11.1. The molecule has 3 fully saturated rings. The van der Waals surface area contributed by atoms with E-state index >= 15 is 0 Å². The Kier molecular flexibility index (Phi) is 6.85. The number of sulfone groups is 1. The first-order chi connectivity index (χ1) is 19.9. The van der Waals surface area contributed by atoms with Crippen LogP contribution in [-0.2, 0) is 37.2 Å². The minimum Gasteiger partial charge on any atom is -0.337 e. The number of hydrogen-bond acceptors (Lipinski definition) is 3. The van der Waals surface area contributed by atoms with Crippen molar-refractivity contribution in [1.82, 2.24) is 4.90 Å². The molecule has 1 spiro atoms. The van der Waals surface area contributed by atoms with E-state index in [4.69, 9.17) is 0 Å². The fraction of sp³-hybridized carbons (Fsp3) is 0.581. The molecule has 6 rings (SSSR count). The van der Waals surface area contributed by atoms with Crippen molar-refractivity contribution in [2.45, 2.75) is 86.4 Å². The number of halogens is 7. The van der Waals surface area contributed by atoms with E-state index in [0.717, 1.165) is 31.7 Å². The summed E-state index contributed by atoms with van der Waals surface area (Å²) in [5.74, 6) is -0.217. The first kappa shape index (κ1) is 30.4. The highest BCUT2D eigenvalue weighted by molar-refractivity contribution is 7.91. The number of carbonyl (C=O) groups is 1. The van der Waals surface area contributed by atoms with Gasteiger partial charge in [-0.1, -0.05) is 55.5 Å². The van der Waals surface area contributed by atoms with Crippen LogP contribution in [0.4, 0.5) is 30.7 Å². The number of nitrogens with zero attached hydrogens (tertiary/aromatic N) is 1. The lowest BCUT2D eigenvalue weighted by Crippen LogP contribution is -2.56. The molecule has 2 saturated carbocycles. The quantitative estimate of drug-likeness (QED) is 0.329. The number of amides is 1. The third-order valence-electron chi connectivity index (χ3n) is 10.4. The molecular weight excluding hydrogens is 599 g/mol. The Labute approximate surface area is 245 Å². The molecular formula is C31H32F7NO3S. The van der Waals surface area contributed by atoms with Crippen LogP contribution in [0, 0.1) is 17.3 Å². The van der Waals surface area contributed by atoms with Crippen molar-refractivity contribution in [3.63, 3.8) is 0 Å². The maximum atomic E-state index is 15.0. The molecule has 3 aliphatic carbocycles. The van der Waals surface area contributed by atoms with Crippen LogP contribution in [0.5, 0.6) is 0 Å². The Balaban J connectivity index is 1.41. The molecule has 0 radical (unpaired) electrons. The number of carbonyl (C=O) groups excluding carboxylic acids is 1. The third kappa shape index (κ3) is 4.43. The molecule has 2 aromatic carbocycles. The molecule has 2 unspecified atom stereocenters. The van der Waals surface area contributed by atoms with Gasteiger partial charge in [-0.3, -0.25) is 4.79 Å². The minimum atomic E-state index is -6.29. The maximum Gasteiger partial charge on any atom is 0.435 e. The molecule has 4 nitrogen and oxygen atoms in total. The highest BCUT2D eigenvalue weighted by atomic mass is 32.2. The van der Waals surface area contributed by atoms with Crippen LogP contribution in [0.3, 0.4) is 0 Å². The summed E-state index contributed by atoms with van der Waals surface area (Å²) >= 11 is 0. The summed E-state index contributed by atoms with van der Waals surface area (Å²) in [7, 11) is -4.19. The fourth-order valence-electron chi connectivity index (χ4n) is 8.64. The summed E-state index contributed by atoms with van der Waals surface area (Å²) in [6, 6.07) is 9.25. The molecule has 2 atom stereocenters. The highest BCUT2D eigenvalue weighted by Crippen LogP contribution is 2.62. The Bertz CT molecular complexity index is 1510. The molecule has 0 bridgehead atoms. The van der Waals surface area contributed by atoms with Gasteiger partial charge in [-0.15, -0.1) is 0 Å². The van der Waals surface area contributed by atoms with E-state index in [1.165, 1.54) is 0 Å². The zero-order valence-corrected chi connectivity index (χ0v) is 24.3. The second-order valence-electron chi connectivity index (χ2n) is 13.1. The van der Waals surface area contributed by atoms with E-state index in [1.807, 2.05) is 0 Å². The van der Waals surface area contributed by atoms with Crippen molar-refractivity contribution in [1.29, 1.82) is 0 Å². The van der Waals surface area contributed by atoms with Gasteiger partial charge in [0, 0.05) is 18.0 Å². The average molecular weight is 632 g/mol. The number of benzene rings is 2. The monoisotopic (exact) mass is 631 g/mol. The van der Waals surface area contributed by atoms with Crippen molar-refractivity contribution < 1.29 is 43.9 Å². The summed E-state index contributed by atoms with van der Waals surface area (Å²) < 4.78 is 123. The molecule has 1 saturated heterocycles. The van der Waals surface area contributed by atoms with Gasteiger partial charge in [-0.2, -0.15) is 26.3 Å². The SMILES string of the molecule is CC1CC2(C1)CC(C(=O)N1CCC3(S(=O)(=O)Cc4ccccc4)c4ccc(C(F)(C(F)(F)F)C(F)(F)F)cc4CCC13)C2. The van der Waals surface area contributed by atoms with Gasteiger partial charge >= 0.3 is 18.0 Å². The first-order valence-corrected chi connectivity index (χ1v) is 16.1. The van der Waals surface area contributed by atoms with E-state index in [2.05, 4.69) is 6.92 Å². The second kappa shape index (κ2) is 9.68. The smallest absolute Gasteiger partial charge is 0.337 e. The normalized spacial score (nSPS) is 30.8. The number of alkyl halides is 7. The van der Waals surface area contributed by atoms with Crippen LogP contribution >= 0.6 is 0 Å². The summed E-state index contributed by atoms with van der Waals surface area (Å²) in [4.78, 5) is 15.4. The number of aryl methyl sites for hydroxylation is 1. The molecule has 4 aliphatic rings. The van der Waals surface area contributed by atoms with Crippen molar-refractivity contribution in [2.75, 3.05) is 6.54 Å². The van der Waals surface area contributed by atoms with Gasteiger partial charge in [0.05, 0.1) is 11.8 Å². The van der Waals surface area contributed by atoms with Gasteiger partial charge in [0.15, 0.2) is 9.84 Å². The predicted octanol–water partition coefficient (Wildman–Crippen LogP) is 7.16. The van der Waals surface area contributed by atoms with Gasteiger partial charge in [-0.25, -0.2) is 12.8 Å². The zero-order valence-electron chi connectivity index (χ0n) is 23.4. The lowest BCUT2D eigenvalue weighted by atomic mass is 9.48. The minimum absolute atomic E-state index is 0.0163. The molecule has 12 heteroatoms. The summed E-state index contributed by atoms with van der Waals surface area (Å²) in [5.41, 5.74) is -6.67. The molecule has 1 heterocycles. The number of likely N-dealkylation sites (tertiary alicyclic amines) is 1. The summed E-state index contributed by atoms with van der Waals surface area (Å²) in [6.07, 6.45) is -9.15. The molecule has 2 aromatic rings. The van der Waals surface area contributed by atoms with Gasteiger partial charge in [0.2, 0.25) is 5.91 Å². The van der Waals surface area contributed by atoms with Crippen LogP contribution in [0.1, 0.15) is 67.7 Å². The van der Waals surface area contributed by atoms with Gasteiger partial charge in [0.25, 0.3) is 0 Å². The Morgan fingerprint density at radius 3 is 2.14 bits per heavy atom. The second-order valence-corrected chi connectivity index (χ2v) is 15.4. The maximum absolute atomic E-state index is 15.0. The molecule has 0 aromatic heterocycles. The van der Waals surface area contributed by atoms with Crippen LogP contribution in [-0.4, -0.2) is 44.2 Å². The Morgan fingerprint density at radius 2 is 1.56 bits per heavy atom. The Morgan fingerprint density at radius 1 is 0.930 bits per heavy atom. The summed E-state index contributed by atoms with van der Waals surface area (Å²) in [6.45, 7) is 2.25. The number of fused-ring (bicyclic) bond motifs is 3. The molecule has 1 amide bonds. The van der Waals surface area contributed by atoms with Crippen molar-refractivity contribution in [2.24, 2.45) is 17.3 Å². The molecule has 43 heavy (non-hydrogen) atoms. The lowest BCUT2D eigenvalue weighted by Gasteiger charge is -2.57. The topological polar surface area (TPSA) is 54.5 Å². The number of hydrogen-bond donors (Lipinski definition) is 0. The highest BCUT2D eigenvalue weighted by Gasteiger charge is 2.74. The first-order valence-electron chi connectivity index (χ1n) is 14.5. The number of rotatable bonds is 5. The van der Waals surface area contributed by atoms with E-state index in [0.29, 0.717) is 23.6 Å². The standard InChI is InChI=1S/C31H32F7NO3S/c1-19-14-27(15-19)16-22(17-27)26(40)39-12-11-28(43(41,42)18-20-5-3-2-4-6-20)24-9-8-23(13-21(24)7-10-25(28)39)29(32,30(33,34)35)31(36,37)38/h2-6,8-9,13,19,22,25H,7,10-12,14-18H2,1H3. The van der Waals surface area contributed by atoms with Gasteiger partial charge in [-0.05, 0) is 73.0 Å². The van der Waals surface area contributed by atoms with E-state index < -0.39 is 50.0 Å². The molecule has 234 valence electrons. The van der Waals surface area contributed by atoms with Crippen molar-refractivity contribution in [3.8, 4) is 0 Å². The average Bonchev–Trinajstić information content (AvgIpc) is 3.29. The van der Waals surface area contributed by atoms with Crippen molar-refractivity contribution >= 4 is 15.7 Å². The van der Waals surface area contributed by atoms with Crippen LogP contribution in [0.2, 0.25) is 0 Å². The van der Waals surface area contributed by atoms with Crippen LogP contribution in [0.15, 0.2) is 48.5 Å². The zero-order chi connectivity index (χ0) is 31.2. The van der Waals surface area contributed by atoms with Gasteiger partial charge < -0.3 is 4.90 Å². The van der Waals surface area contributed by atoms with Gasteiger partial charge in [0.1, 0.15) is 4.75 Å². The third-order valence-corrected chi connectivity index (χ3v) is 12.9. The van der Waals surface area contributed by atoms with Crippen molar-refractivity contribution in [3.05, 3.63) is 70.8 Å². The molecule has 0 N–H and O–H groups in total. The predicted molar refractivity (Wildman–Crippen MR) is 144 cm³/mol. The summed E-state index contributed by atoms with van der Waals surface area (Å²) in [5, 5.41) is 0. The van der Waals surface area contributed by atoms with Crippen LogP contribution < -0.4 is 0 Å². The lowest BCUT2D eigenvalue weighted by molar-refractivity contribution is -0.348. The Hall–Kier alpha value is -2.63. The van der Waals surface area contributed by atoms with Crippen LogP contribution in [0.25, 0.3) is 0 Å². The van der Waals surface area contributed by atoms with E-state index in [1.54, 1.807) is 35.2 Å². The molecule has 1 aliphatic heterocycles. The van der Waals surface area contributed by atoms with E-state index in [9.17, 15) is 43.9 Å².